The van der Waals surface area contributed by atoms with Crippen LogP contribution in [0.1, 0.15) is 25.3 Å². The van der Waals surface area contributed by atoms with Crippen molar-refractivity contribution in [2.45, 2.75) is 24.9 Å². The highest BCUT2D eigenvalue weighted by Gasteiger charge is 2.14. The molecule has 6 nitrogen and oxygen atoms in total. The SMILES string of the molecule is CC(C)c1ccccc1NC(=O)CSc1nnc(-c2ccncc2)n1C. The molecule has 3 aromatic rings. The first-order valence-electron chi connectivity index (χ1n) is 8.37. The number of carbonyl (C=O) groups excluding carboxylic acids is 1. The molecular formula is C19H21N5OS. The van der Waals surface area contributed by atoms with Crippen molar-refractivity contribution in [1.82, 2.24) is 19.7 Å². The molecule has 2 heterocycles. The van der Waals surface area contributed by atoms with E-state index in [1.807, 2.05) is 48.0 Å². The fourth-order valence-corrected chi connectivity index (χ4v) is 3.33. The second-order valence-corrected chi connectivity index (χ2v) is 7.12. The molecule has 2 aromatic heterocycles. The van der Waals surface area contributed by atoms with Crippen LogP contribution in [-0.2, 0) is 11.8 Å². The van der Waals surface area contributed by atoms with Crippen LogP contribution in [0, 0.1) is 0 Å². The Bertz CT molecular complexity index is 892. The lowest BCUT2D eigenvalue weighted by molar-refractivity contribution is -0.113. The van der Waals surface area contributed by atoms with Gasteiger partial charge in [-0.1, -0.05) is 43.8 Å². The summed E-state index contributed by atoms with van der Waals surface area (Å²) in [5.41, 5.74) is 2.94. The van der Waals surface area contributed by atoms with Crippen LogP contribution in [0.4, 0.5) is 5.69 Å². The summed E-state index contributed by atoms with van der Waals surface area (Å²) in [6, 6.07) is 11.7. The van der Waals surface area contributed by atoms with Crippen LogP contribution >= 0.6 is 11.8 Å². The summed E-state index contributed by atoms with van der Waals surface area (Å²) in [7, 11) is 1.89. The van der Waals surface area contributed by atoms with Crippen LogP contribution < -0.4 is 5.32 Å². The Morgan fingerprint density at radius 1 is 1.15 bits per heavy atom. The minimum atomic E-state index is -0.0587. The van der Waals surface area contributed by atoms with Gasteiger partial charge in [0.15, 0.2) is 11.0 Å². The molecule has 0 atom stereocenters. The molecule has 3 rings (SSSR count). The Kier molecular flexibility index (Phi) is 5.68. The van der Waals surface area contributed by atoms with Gasteiger partial charge in [-0.3, -0.25) is 9.78 Å². The highest BCUT2D eigenvalue weighted by Crippen LogP contribution is 2.25. The number of nitrogens with one attached hydrogen (secondary N) is 1. The third-order valence-corrected chi connectivity index (χ3v) is 4.98. The van der Waals surface area contributed by atoms with Crippen LogP contribution in [0.2, 0.25) is 0 Å². The number of benzene rings is 1. The average molecular weight is 367 g/mol. The first kappa shape index (κ1) is 18.1. The van der Waals surface area contributed by atoms with Crippen molar-refractivity contribution in [3.63, 3.8) is 0 Å². The van der Waals surface area contributed by atoms with Crippen LogP contribution in [0.5, 0.6) is 0 Å². The predicted octanol–water partition coefficient (Wildman–Crippen LogP) is 3.73. The zero-order chi connectivity index (χ0) is 18.5. The largest absolute Gasteiger partial charge is 0.325 e. The van der Waals surface area contributed by atoms with E-state index in [9.17, 15) is 4.79 Å². The zero-order valence-electron chi connectivity index (χ0n) is 15.0. The molecule has 0 aliphatic carbocycles. The van der Waals surface area contributed by atoms with E-state index in [-0.39, 0.29) is 11.7 Å². The van der Waals surface area contributed by atoms with Gasteiger partial charge >= 0.3 is 0 Å². The number of carbonyl (C=O) groups is 1. The highest BCUT2D eigenvalue weighted by molar-refractivity contribution is 7.99. The van der Waals surface area contributed by atoms with Crippen molar-refractivity contribution >= 4 is 23.4 Å². The molecule has 26 heavy (non-hydrogen) atoms. The number of nitrogens with zero attached hydrogens (tertiary/aromatic N) is 4. The molecule has 0 fully saturated rings. The lowest BCUT2D eigenvalue weighted by Gasteiger charge is -2.13. The van der Waals surface area contributed by atoms with Gasteiger partial charge < -0.3 is 9.88 Å². The molecule has 1 N–H and O–H groups in total. The van der Waals surface area contributed by atoms with Gasteiger partial charge in [0, 0.05) is 30.7 Å². The van der Waals surface area contributed by atoms with Gasteiger partial charge in [0.25, 0.3) is 0 Å². The Balaban J connectivity index is 1.65. The minimum absolute atomic E-state index is 0.0587. The Labute approximate surface area is 157 Å². The van der Waals surface area contributed by atoms with Gasteiger partial charge in [0.05, 0.1) is 5.75 Å². The molecule has 0 spiro atoms. The molecular weight excluding hydrogens is 346 g/mol. The number of amides is 1. The maximum absolute atomic E-state index is 12.4. The number of aromatic nitrogens is 4. The maximum Gasteiger partial charge on any atom is 0.234 e. The molecule has 0 radical (unpaired) electrons. The summed E-state index contributed by atoms with van der Waals surface area (Å²) >= 11 is 1.37. The van der Waals surface area contributed by atoms with Crippen LogP contribution in [0.15, 0.2) is 53.9 Å². The van der Waals surface area contributed by atoms with Gasteiger partial charge in [0.1, 0.15) is 0 Å². The summed E-state index contributed by atoms with van der Waals surface area (Å²) in [5.74, 6) is 1.31. The van der Waals surface area contributed by atoms with E-state index in [0.717, 1.165) is 22.6 Å². The molecule has 1 aromatic carbocycles. The fourth-order valence-electron chi connectivity index (χ4n) is 2.62. The first-order chi connectivity index (χ1) is 12.6. The second kappa shape index (κ2) is 8.14. The zero-order valence-corrected chi connectivity index (χ0v) is 15.8. The average Bonchev–Trinajstić information content (AvgIpc) is 3.01. The molecule has 0 bridgehead atoms. The van der Waals surface area contributed by atoms with Gasteiger partial charge in [-0.25, -0.2) is 0 Å². The Morgan fingerprint density at radius 2 is 1.88 bits per heavy atom. The topological polar surface area (TPSA) is 72.7 Å². The molecule has 7 heteroatoms. The van der Waals surface area contributed by atoms with Crippen molar-refractivity contribution in [3.8, 4) is 11.4 Å². The quantitative estimate of drug-likeness (QED) is 0.672. The predicted molar refractivity (Wildman–Crippen MR) is 104 cm³/mol. The van der Waals surface area contributed by atoms with E-state index < -0.39 is 0 Å². The lowest BCUT2D eigenvalue weighted by atomic mass is 10.0. The van der Waals surface area contributed by atoms with E-state index in [4.69, 9.17) is 0 Å². The van der Waals surface area contributed by atoms with E-state index in [1.165, 1.54) is 11.8 Å². The van der Waals surface area contributed by atoms with Crippen molar-refractivity contribution in [2.24, 2.45) is 7.05 Å². The van der Waals surface area contributed by atoms with Crippen LogP contribution in [-0.4, -0.2) is 31.4 Å². The summed E-state index contributed by atoms with van der Waals surface area (Å²) in [6.07, 6.45) is 3.44. The van der Waals surface area contributed by atoms with Crippen molar-refractivity contribution in [1.29, 1.82) is 0 Å². The molecule has 0 aliphatic rings. The summed E-state index contributed by atoms with van der Waals surface area (Å²) < 4.78 is 1.88. The molecule has 0 saturated heterocycles. The molecule has 0 saturated carbocycles. The smallest absolute Gasteiger partial charge is 0.234 e. The molecule has 1 amide bonds. The monoisotopic (exact) mass is 367 g/mol. The number of para-hydroxylation sites is 1. The van der Waals surface area contributed by atoms with E-state index in [1.54, 1.807) is 12.4 Å². The highest BCUT2D eigenvalue weighted by atomic mass is 32.2. The van der Waals surface area contributed by atoms with Crippen LogP contribution in [0.25, 0.3) is 11.4 Å². The van der Waals surface area contributed by atoms with E-state index in [2.05, 4.69) is 34.3 Å². The standard InChI is InChI=1S/C19H21N5OS/c1-13(2)15-6-4-5-7-16(15)21-17(25)12-26-19-23-22-18(24(19)3)14-8-10-20-11-9-14/h4-11,13H,12H2,1-3H3,(H,21,25). The maximum atomic E-state index is 12.4. The van der Waals surface area contributed by atoms with E-state index in [0.29, 0.717) is 11.1 Å². The van der Waals surface area contributed by atoms with Gasteiger partial charge in [-0.15, -0.1) is 10.2 Å². The number of hydrogen-bond acceptors (Lipinski definition) is 5. The van der Waals surface area contributed by atoms with Crippen LogP contribution in [0.3, 0.4) is 0 Å². The summed E-state index contributed by atoms with van der Waals surface area (Å²) in [6.45, 7) is 4.22. The van der Waals surface area contributed by atoms with Crippen molar-refractivity contribution < 1.29 is 4.79 Å². The van der Waals surface area contributed by atoms with Gasteiger partial charge in [-0.05, 0) is 29.7 Å². The number of pyridine rings is 1. The molecule has 0 aliphatic heterocycles. The Morgan fingerprint density at radius 3 is 2.62 bits per heavy atom. The number of anilines is 1. The normalized spacial score (nSPS) is 10.9. The number of rotatable bonds is 6. The summed E-state index contributed by atoms with van der Waals surface area (Å²) in [5, 5.41) is 12.1. The third-order valence-electron chi connectivity index (χ3n) is 3.96. The number of thioether (sulfide) groups is 1. The van der Waals surface area contributed by atoms with Crippen molar-refractivity contribution in [3.05, 3.63) is 54.4 Å². The minimum Gasteiger partial charge on any atom is -0.325 e. The first-order valence-corrected chi connectivity index (χ1v) is 9.36. The van der Waals surface area contributed by atoms with E-state index >= 15 is 0 Å². The molecule has 134 valence electrons. The lowest BCUT2D eigenvalue weighted by Crippen LogP contribution is -2.16. The van der Waals surface area contributed by atoms with Gasteiger partial charge in [-0.2, -0.15) is 0 Å². The Hall–Kier alpha value is -2.67. The summed E-state index contributed by atoms with van der Waals surface area (Å²) in [4.78, 5) is 16.4. The fraction of sp³-hybridized carbons (Fsp3) is 0.263. The second-order valence-electron chi connectivity index (χ2n) is 6.18. The van der Waals surface area contributed by atoms with Crippen molar-refractivity contribution in [2.75, 3.05) is 11.1 Å². The number of hydrogen-bond donors (Lipinski definition) is 1. The molecule has 0 unspecified atom stereocenters. The van der Waals surface area contributed by atoms with Gasteiger partial charge in [0.2, 0.25) is 5.91 Å². The third kappa shape index (κ3) is 4.11.